The van der Waals surface area contributed by atoms with Gasteiger partial charge in [0, 0.05) is 17.4 Å². The van der Waals surface area contributed by atoms with Gasteiger partial charge in [-0.1, -0.05) is 12.1 Å². The Kier molecular flexibility index (Phi) is 9.10. The van der Waals surface area contributed by atoms with Crippen molar-refractivity contribution < 1.29 is 23.5 Å². The van der Waals surface area contributed by atoms with Crippen molar-refractivity contribution in [1.82, 2.24) is 10.2 Å². The van der Waals surface area contributed by atoms with Crippen molar-refractivity contribution in [3.63, 3.8) is 0 Å². The number of carbonyl (C=O) groups is 3. The number of nitrogens with two attached hydrogens (primary N) is 1. The smallest absolute Gasteiger partial charge is 0.284 e. The van der Waals surface area contributed by atoms with Crippen LogP contribution in [0.1, 0.15) is 68.1 Å². The van der Waals surface area contributed by atoms with E-state index in [2.05, 4.69) is 11.4 Å². The first-order chi connectivity index (χ1) is 18.7. The molecule has 0 bridgehead atoms. The molecule has 40 heavy (non-hydrogen) atoms. The molecule has 2 aromatic rings. The van der Waals surface area contributed by atoms with Crippen LogP contribution in [0, 0.1) is 34.9 Å². The van der Waals surface area contributed by atoms with Crippen LogP contribution in [0.5, 0.6) is 5.75 Å². The fraction of sp³-hybridized carbons (Fsp3) is 0.367. The van der Waals surface area contributed by atoms with Crippen LogP contribution in [0.25, 0.3) is 0 Å². The number of benzene rings is 2. The number of primary amides is 1. The summed E-state index contributed by atoms with van der Waals surface area (Å²) >= 11 is 0. The third kappa shape index (κ3) is 6.72. The normalized spacial score (nSPS) is 18.0. The second-order valence-electron chi connectivity index (χ2n) is 10.6. The zero-order valence-electron chi connectivity index (χ0n) is 23.2. The van der Waals surface area contributed by atoms with Crippen molar-refractivity contribution in [2.24, 2.45) is 11.1 Å². The van der Waals surface area contributed by atoms with Crippen LogP contribution in [0.15, 0.2) is 54.3 Å². The molecule has 1 aliphatic heterocycles. The number of hydrogen-bond acceptors (Lipinski definition) is 6. The number of ether oxygens (including phenoxy) is 1. The molecule has 1 saturated heterocycles. The number of nitriles is 1. The Labute approximate surface area is 233 Å². The molecule has 3 atom stereocenters. The second-order valence-corrected chi connectivity index (χ2v) is 10.6. The maximum atomic E-state index is 14.0. The Hall–Kier alpha value is -4.52. The van der Waals surface area contributed by atoms with Gasteiger partial charge < -0.3 is 26.1 Å². The first kappa shape index (κ1) is 30.0. The van der Waals surface area contributed by atoms with E-state index in [4.69, 9.17) is 15.9 Å². The fourth-order valence-electron chi connectivity index (χ4n) is 4.88. The Bertz CT molecular complexity index is 1410. The maximum absolute atomic E-state index is 14.0. The highest BCUT2D eigenvalue weighted by Crippen LogP contribution is 2.43. The Morgan fingerprint density at radius 1 is 1.25 bits per heavy atom. The highest BCUT2D eigenvalue weighted by Gasteiger charge is 2.46. The molecule has 1 fully saturated rings. The highest BCUT2D eigenvalue weighted by molar-refractivity contribution is 6.00. The lowest BCUT2D eigenvalue weighted by atomic mass is 9.84. The van der Waals surface area contributed by atoms with Gasteiger partial charge in [-0.05, 0) is 88.9 Å². The summed E-state index contributed by atoms with van der Waals surface area (Å²) in [6, 6.07) is 11.1. The number of carbonyl (C=O) groups excluding carboxylic acids is 3. The van der Waals surface area contributed by atoms with Crippen molar-refractivity contribution in [1.29, 1.82) is 10.7 Å². The molecule has 10 heteroatoms. The predicted octanol–water partition coefficient (Wildman–Crippen LogP) is 4.32. The first-order valence-electron chi connectivity index (χ1n) is 12.9. The zero-order chi connectivity index (χ0) is 29.8. The number of rotatable bonds is 9. The average Bonchev–Trinajstić information content (AvgIpc) is 3.34. The number of likely N-dealkylation sites (tertiary alicyclic amines) is 1. The lowest BCUT2D eigenvalue weighted by molar-refractivity contribution is -0.137. The summed E-state index contributed by atoms with van der Waals surface area (Å²) in [6.45, 7) is 8.26. The SMILES string of the molecule is CC(=N)/C=C(/Oc1ccc(C(=O)N[C@H](C)C(=O)N2C(c3cccc(F)c3)CCC2C(C)(C)C#N)cc1C)C(N)=O. The summed E-state index contributed by atoms with van der Waals surface area (Å²) in [5.41, 5.74) is 5.98. The molecule has 9 nitrogen and oxygen atoms in total. The third-order valence-electron chi connectivity index (χ3n) is 6.96. The molecular weight excluding hydrogens is 513 g/mol. The van der Waals surface area contributed by atoms with Gasteiger partial charge in [-0.15, -0.1) is 0 Å². The minimum atomic E-state index is -0.935. The second kappa shape index (κ2) is 12.1. The van der Waals surface area contributed by atoms with Gasteiger partial charge in [0.05, 0.1) is 23.6 Å². The van der Waals surface area contributed by atoms with Crippen LogP contribution in [0.4, 0.5) is 4.39 Å². The lowest BCUT2D eigenvalue weighted by Crippen LogP contribution is -2.52. The van der Waals surface area contributed by atoms with Gasteiger partial charge >= 0.3 is 0 Å². The molecule has 0 spiro atoms. The molecule has 210 valence electrons. The number of hydrogen-bond donors (Lipinski definition) is 3. The zero-order valence-corrected chi connectivity index (χ0v) is 23.2. The topological polar surface area (TPSA) is 149 Å². The fourth-order valence-corrected chi connectivity index (χ4v) is 4.88. The number of nitrogens with zero attached hydrogens (tertiary/aromatic N) is 2. The van der Waals surface area contributed by atoms with E-state index in [1.165, 1.54) is 37.3 Å². The number of halogens is 1. The molecule has 0 aliphatic carbocycles. The maximum Gasteiger partial charge on any atom is 0.284 e. The van der Waals surface area contributed by atoms with Crippen molar-refractivity contribution in [2.45, 2.75) is 65.6 Å². The van der Waals surface area contributed by atoms with Crippen LogP contribution in [-0.2, 0) is 9.59 Å². The van der Waals surface area contributed by atoms with Gasteiger partial charge in [0.15, 0.2) is 5.76 Å². The van der Waals surface area contributed by atoms with E-state index in [-0.39, 0.29) is 28.7 Å². The molecule has 0 saturated carbocycles. The molecule has 0 radical (unpaired) electrons. The Balaban J connectivity index is 1.82. The van der Waals surface area contributed by atoms with Crippen molar-refractivity contribution >= 4 is 23.4 Å². The quantitative estimate of drug-likeness (QED) is 0.243. The van der Waals surface area contributed by atoms with Crippen molar-refractivity contribution in [3.05, 3.63) is 76.8 Å². The molecule has 2 unspecified atom stereocenters. The van der Waals surface area contributed by atoms with Crippen molar-refractivity contribution in [3.8, 4) is 11.8 Å². The molecule has 3 rings (SSSR count). The monoisotopic (exact) mass is 547 g/mol. The highest BCUT2D eigenvalue weighted by atomic mass is 19.1. The van der Waals surface area contributed by atoms with Gasteiger partial charge in [0.25, 0.3) is 11.8 Å². The van der Waals surface area contributed by atoms with Gasteiger partial charge in [-0.25, -0.2) is 4.39 Å². The number of aryl methyl sites for hydroxylation is 1. The van der Waals surface area contributed by atoms with E-state index in [1.54, 1.807) is 50.8 Å². The lowest BCUT2D eigenvalue weighted by Gasteiger charge is -2.38. The van der Waals surface area contributed by atoms with E-state index in [1.807, 2.05) is 0 Å². The first-order valence-corrected chi connectivity index (χ1v) is 12.9. The van der Waals surface area contributed by atoms with Gasteiger partial charge in [-0.2, -0.15) is 5.26 Å². The molecule has 3 amide bonds. The van der Waals surface area contributed by atoms with E-state index < -0.39 is 41.2 Å². The molecule has 1 heterocycles. The van der Waals surface area contributed by atoms with Crippen LogP contribution < -0.4 is 15.8 Å². The molecular formula is C30H34FN5O4. The van der Waals surface area contributed by atoms with Crippen LogP contribution >= 0.6 is 0 Å². The van der Waals surface area contributed by atoms with Crippen molar-refractivity contribution in [2.75, 3.05) is 0 Å². The number of nitrogens with one attached hydrogen (secondary N) is 2. The predicted molar refractivity (Wildman–Crippen MR) is 148 cm³/mol. The summed E-state index contributed by atoms with van der Waals surface area (Å²) in [6.07, 6.45) is 2.32. The van der Waals surface area contributed by atoms with Gasteiger partial charge in [0.1, 0.15) is 17.6 Å². The van der Waals surface area contributed by atoms with Gasteiger partial charge in [-0.3, -0.25) is 14.4 Å². The average molecular weight is 548 g/mol. The Morgan fingerprint density at radius 2 is 1.95 bits per heavy atom. The number of allylic oxidation sites excluding steroid dienone is 1. The molecule has 2 aromatic carbocycles. The minimum absolute atomic E-state index is 0.0825. The summed E-state index contributed by atoms with van der Waals surface area (Å²) in [4.78, 5) is 40.1. The minimum Gasteiger partial charge on any atom is -0.451 e. The summed E-state index contributed by atoms with van der Waals surface area (Å²) in [7, 11) is 0. The third-order valence-corrected chi connectivity index (χ3v) is 6.96. The standard InChI is InChI=1S/C30H34FN5O4/c1-17-13-21(9-11-24(17)40-25(27(34)37)14-18(2)33)28(38)35-19(3)29(39)36-23(20-7-6-8-22(31)15-20)10-12-26(36)30(4,5)16-32/h6-9,11,13-15,19,23,26,33H,10,12H2,1-5H3,(H2,34,37)(H,35,38)/b25-14+,33-18?/t19-,23?,26?/m1/s1. The van der Waals surface area contributed by atoms with Crippen LogP contribution in [0.3, 0.4) is 0 Å². The summed E-state index contributed by atoms with van der Waals surface area (Å²) in [5, 5.41) is 20.1. The summed E-state index contributed by atoms with van der Waals surface area (Å²) < 4.78 is 19.6. The largest absolute Gasteiger partial charge is 0.451 e. The number of amides is 3. The van der Waals surface area contributed by atoms with E-state index >= 15 is 0 Å². The molecule has 4 N–H and O–H groups in total. The summed E-state index contributed by atoms with van der Waals surface area (Å²) in [5.74, 6) is -2.05. The molecule has 0 aromatic heterocycles. The Morgan fingerprint density at radius 3 is 2.52 bits per heavy atom. The van der Waals surface area contributed by atoms with E-state index in [9.17, 15) is 24.0 Å². The molecule has 1 aliphatic rings. The van der Waals surface area contributed by atoms with Gasteiger partial charge in [0.2, 0.25) is 5.91 Å². The van der Waals surface area contributed by atoms with E-state index in [0.717, 1.165) is 0 Å². The van der Waals surface area contributed by atoms with Crippen LogP contribution in [-0.4, -0.2) is 40.4 Å². The van der Waals surface area contributed by atoms with Crippen LogP contribution in [0.2, 0.25) is 0 Å². The van der Waals surface area contributed by atoms with E-state index in [0.29, 0.717) is 24.0 Å².